The second-order valence-corrected chi connectivity index (χ2v) is 5.78. The molecule has 0 fully saturated rings. The fraction of sp³-hybridized carbons (Fsp3) is 0.111. The van der Waals surface area contributed by atoms with E-state index in [-0.39, 0.29) is 0 Å². The van der Waals surface area contributed by atoms with Crippen molar-refractivity contribution in [1.29, 1.82) is 0 Å². The molecule has 0 aliphatic heterocycles. The van der Waals surface area contributed by atoms with E-state index in [0.717, 1.165) is 27.8 Å². The van der Waals surface area contributed by atoms with Gasteiger partial charge in [0.05, 0.1) is 7.11 Å². The van der Waals surface area contributed by atoms with Gasteiger partial charge in [-0.25, -0.2) is 0 Å². The molecule has 0 N–H and O–H groups in total. The number of aromatic nitrogens is 2. The first-order valence-electron chi connectivity index (χ1n) is 7.33. The molecule has 6 heteroatoms. The van der Waals surface area contributed by atoms with Gasteiger partial charge in [0.2, 0.25) is 5.82 Å². The van der Waals surface area contributed by atoms with Crippen molar-refractivity contribution in [2.24, 2.45) is 0 Å². The number of hydrogen-bond acceptors (Lipinski definition) is 5. The predicted octanol–water partition coefficient (Wildman–Crippen LogP) is 5.12. The lowest BCUT2D eigenvalue weighted by Crippen LogP contribution is -1.82. The van der Waals surface area contributed by atoms with E-state index in [4.69, 9.17) is 25.3 Å². The average Bonchev–Trinajstić information content (AvgIpc) is 3.20. The van der Waals surface area contributed by atoms with Crippen molar-refractivity contribution in [3.63, 3.8) is 0 Å². The standard InChI is InChI=1S/C18H13ClN2O3/c1-10-14-9-13(22-2)7-8-15(14)23-16(10)17-20-18(24-21-17)11-3-5-12(19)6-4-11/h3-9H,1-2H3. The van der Waals surface area contributed by atoms with Gasteiger partial charge in [0.25, 0.3) is 5.89 Å². The number of methoxy groups -OCH3 is 1. The van der Waals surface area contributed by atoms with Gasteiger partial charge in [0, 0.05) is 21.5 Å². The summed E-state index contributed by atoms with van der Waals surface area (Å²) in [7, 11) is 1.63. The van der Waals surface area contributed by atoms with E-state index in [1.807, 2.05) is 37.3 Å². The monoisotopic (exact) mass is 340 g/mol. The molecule has 24 heavy (non-hydrogen) atoms. The van der Waals surface area contributed by atoms with E-state index in [9.17, 15) is 0 Å². The molecule has 0 unspecified atom stereocenters. The summed E-state index contributed by atoms with van der Waals surface area (Å²) in [5.74, 6) is 2.18. The van der Waals surface area contributed by atoms with Crippen molar-refractivity contribution in [1.82, 2.24) is 10.1 Å². The fourth-order valence-corrected chi connectivity index (χ4v) is 2.69. The van der Waals surface area contributed by atoms with Crippen LogP contribution in [0.5, 0.6) is 5.75 Å². The Bertz CT molecular complexity index is 1020. The Morgan fingerprint density at radius 3 is 2.62 bits per heavy atom. The van der Waals surface area contributed by atoms with Crippen LogP contribution in [0.15, 0.2) is 51.4 Å². The summed E-state index contributed by atoms with van der Waals surface area (Å²) >= 11 is 5.90. The van der Waals surface area contributed by atoms with Gasteiger partial charge in [-0.15, -0.1) is 0 Å². The molecule has 0 saturated carbocycles. The second-order valence-electron chi connectivity index (χ2n) is 5.35. The van der Waals surface area contributed by atoms with Gasteiger partial charge in [-0.3, -0.25) is 0 Å². The molecule has 0 atom stereocenters. The van der Waals surface area contributed by atoms with Crippen LogP contribution in [-0.4, -0.2) is 17.3 Å². The Labute approximate surface area is 142 Å². The Morgan fingerprint density at radius 1 is 1.08 bits per heavy atom. The van der Waals surface area contributed by atoms with Gasteiger partial charge < -0.3 is 13.7 Å². The summed E-state index contributed by atoms with van der Waals surface area (Å²) in [6, 6.07) is 12.9. The van der Waals surface area contributed by atoms with Crippen molar-refractivity contribution in [2.75, 3.05) is 7.11 Å². The number of nitrogens with zero attached hydrogens (tertiary/aromatic N) is 2. The quantitative estimate of drug-likeness (QED) is 0.518. The minimum Gasteiger partial charge on any atom is -0.497 e. The van der Waals surface area contributed by atoms with E-state index in [1.165, 1.54) is 0 Å². The summed E-state index contributed by atoms with van der Waals surface area (Å²) in [6.45, 7) is 1.96. The maximum absolute atomic E-state index is 5.90. The third-order valence-electron chi connectivity index (χ3n) is 3.86. The van der Waals surface area contributed by atoms with Crippen LogP contribution in [0.2, 0.25) is 5.02 Å². The van der Waals surface area contributed by atoms with Crippen LogP contribution in [0.3, 0.4) is 0 Å². The minimum atomic E-state index is 0.410. The normalized spacial score (nSPS) is 11.1. The van der Waals surface area contributed by atoms with Crippen molar-refractivity contribution < 1.29 is 13.7 Å². The van der Waals surface area contributed by atoms with Crippen molar-refractivity contribution in [3.8, 4) is 28.8 Å². The topological polar surface area (TPSA) is 61.3 Å². The van der Waals surface area contributed by atoms with Crippen molar-refractivity contribution in [2.45, 2.75) is 6.92 Å². The lowest BCUT2D eigenvalue weighted by atomic mass is 10.1. The number of fused-ring (bicyclic) bond motifs is 1. The molecule has 2 aromatic heterocycles. The van der Waals surface area contributed by atoms with Crippen LogP contribution in [0.4, 0.5) is 0 Å². The van der Waals surface area contributed by atoms with Crippen LogP contribution in [-0.2, 0) is 0 Å². The number of ether oxygens (including phenoxy) is 1. The van der Waals surface area contributed by atoms with E-state index in [0.29, 0.717) is 22.5 Å². The Kier molecular flexibility index (Phi) is 3.50. The zero-order valence-corrected chi connectivity index (χ0v) is 13.8. The molecule has 0 aliphatic carbocycles. The number of halogens is 1. The molecular weight excluding hydrogens is 328 g/mol. The maximum atomic E-state index is 5.90. The number of benzene rings is 2. The van der Waals surface area contributed by atoms with Crippen LogP contribution < -0.4 is 4.74 Å². The SMILES string of the molecule is COc1ccc2oc(-c3noc(-c4ccc(Cl)cc4)n3)c(C)c2c1. The molecule has 2 aromatic carbocycles. The van der Waals surface area contributed by atoms with Crippen LogP contribution >= 0.6 is 11.6 Å². The molecule has 2 heterocycles. The molecule has 5 nitrogen and oxygen atoms in total. The average molecular weight is 341 g/mol. The molecule has 4 aromatic rings. The molecule has 120 valence electrons. The number of hydrogen-bond donors (Lipinski definition) is 0. The van der Waals surface area contributed by atoms with Gasteiger partial charge in [-0.2, -0.15) is 4.98 Å². The zero-order chi connectivity index (χ0) is 16.7. The van der Waals surface area contributed by atoms with E-state index in [1.54, 1.807) is 19.2 Å². The summed E-state index contributed by atoms with van der Waals surface area (Å²) in [5.41, 5.74) is 2.49. The smallest absolute Gasteiger partial charge is 0.258 e. The van der Waals surface area contributed by atoms with Crippen molar-refractivity contribution in [3.05, 3.63) is 53.1 Å². The third-order valence-corrected chi connectivity index (χ3v) is 4.12. The molecule has 0 bridgehead atoms. The molecule has 0 saturated heterocycles. The molecule has 0 spiro atoms. The third kappa shape index (κ3) is 2.43. The number of furan rings is 1. The summed E-state index contributed by atoms with van der Waals surface area (Å²) < 4.78 is 16.5. The van der Waals surface area contributed by atoms with E-state index in [2.05, 4.69) is 10.1 Å². The fourth-order valence-electron chi connectivity index (χ4n) is 2.57. The van der Waals surface area contributed by atoms with E-state index < -0.39 is 0 Å². The van der Waals surface area contributed by atoms with Gasteiger partial charge in [0.1, 0.15) is 11.3 Å². The summed E-state index contributed by atoms with van der Waals surface area (Å²) in [5, 5.41) is 5.65. The predicted molar refractivity (Wildman–Crippen MR) is 91.2 cm³/mol. The minimum absolute atomic E-state index is 0.410. The summed E-state index contributed by atoms with van der Waals surface area (Å²) in [4.78, 5) is 4.43. The maximum Gasteiger partial charge on any atom is 0.258 e. The Hall–Kier alpha value is -2.79. The number of rotatable bonds is 3. The highest BCUT2D eigenvalue weighted by molar-refractivity contribution is 6.30. The summed E-state index contributed by atoms with van der Waals surface area (Å²) in [6.07, 6.45) is 0. The lowest BCUT2D eigenvalue weighted by Gasteiger charge is -1.97. The first-order valence-corrected chi connectivity index (χ1v) is 7.70. The molecule has 0 amide bonds. The van der Waals surface area contributed by atoms with Gasteiger partial charge in [-0.1, -0.05) is 16.8 Å². The molecule has 0 aliphatic rings. The highest BCUT2D eigenvalue weighted by Crippen LogP contribution is 2.34. The zero-order valence-electron chi connectivity index (χ0n) is 13.0. The second kappa shape index (κ2) is 5.69. The van der Waals surface area contributed by atoms with Gasteiger partial charge in [0.15, 0.2) is 5.76 Å². The van der Waals surface area contributed by atoms with E-state index >= 15 is 0 Å². The lowest BCUT2D eigenvalue weighted by molar-refractivity contribution is 0.415. The highest BCUT2D eigenvalue weighted by Gasteiger charge is 2.19. The van der Waals surface area contributed by atoms with Crippen LogP contribution in [0, 0.1) is 6.92 Å². The number of aryl methyl sites for hydroxylation is 1. The van der Waals surface area contributed by atoms with Crippen molar-refractivity contribution >= 4 is 22.6 Å². The van der Waals surface area contributed by atoms with Gasteiger partial charge >= 0.3 is 0 Å². The largest absolute Gasteiger partial charge is 0.497 e. The first kappa shape index (κ1) is 14.8. The highest BCUT2D eigenvalue weighted by atomic mass is 35.5. The Balaban J connectivity index is 1.78. The molecular formula is C18H13ClN2O3. The first-order chi connectivity index (χ1) is 11.7. The molecule has 4 rings (SSSR count). The Morgan fingerprint density at radius 2 is 1.88 bits per heavy atom. The molecule has 0 radical (unpaired) electrons. The van der Waals surface area contributed by atoms with Crippen LogP contribution in [0.1, 0.15) is 5.56 Å². The van der Waals surface area contributed by atoms with Gasteiger partial charge in [-0.05, 0) is 49.4 Å². The van der Waals surface area contributed by atoms with Crippen LogP contribution in [0.25, 0.3) is 34.0 Å².